The van der Waals surface area contributed by atoms with Crippen molar-refractivity contribution < 1.29 is 155 Å². The molecule has 1 aromatic rings. The Morgan fingerprint density at radius 1 is 0.548 bits per heavy atom. The number of esters is 2. The maximum Gasteiger partial charge on any atom is 0.338 e. The number of hydrogen-bond acceptors (Lipinski definition) is 32. The number of hydrogen-bond donors (Lipinski definition) is 9. The average Bonchev–Trinajstić information content (AvgIpc) is 1.45. The van der Waals surface area contributed by atoms with Crippen molar-refractivity contribution in [2.24, 2.45) is 22.7 Å². The van der Waals surface area contributed by atoms with Gasteiger partial charge in [-0.25, -0.2) is 4.79 Å². The Bertz CT molecular complexity index is 3070. The lowest BCUT2D eigenvalue weighted by atomic mass is 9.40. The minimum absolute atomic E-state index is 0.0377. The van der Waals surface area contributed by atoms with E-state index < -0.39 is 231 Å². The van der Waals surface area contributed by atoms with Gasteiger partial charge in [0.25, 0.3) is 5.97 Å². The van der Waals surface area contributed by atoms with Gasteiger partial charge in [-0.3, -0.25) is 4.79 Å². The van der Waals surface area contributed by atoms with Crippen LogP contribution in [0.4, 0.5) is 0 Å². The number of carbonyl (C=O) groups is 2. The second kappa shape index (κ2) is 31.0. The molecule has 12 fully saturated rings. The third kappa shape index (κ3) is 13.7. The van der Waals surface area contributed by atoms with E-state index in [-0.39, 0.29) is 49.2 Å². The van der Waals surface area contributed by atoms with Crippen LogP contribution in [0.5, 0.6) is 0 Å². The van der Waals surface area contributed by atoms with Gasteiger partial charge in [0.15, 0.2) is 37.7 Å². The molecule has 38 atom stereocenters. The van der Waals surface area contributed by atoms with Crippen LogP contribution in [0, 0.1) is 22.7 Å². The van der Waals surface area contributed by atoms with E-state index in [2.05, 4.69) is 6.92 Å². The van der Waals surface area contributed by atoms with Crippen molar-refractivity contribution >= 4 is 11.9 Å². The van der Waals surface area contributed by atoms with Crippen molar-refractivity contribution in [3.63, 3.8) is 0 Å². The SMILES string of the molecule is CO[C@@H]1[C@@H](O)[C@H](O[C@@H]2[C@@H](C)O[C@@H](O[C@H]3[C@@H](OC)C[C@H](O[C@H]4[C@@H](OC)C[C@H](O[C@H]5CC[C@@]6(C)[C@@H](CC[C@]78OC9(C)OC[C@]%10([C@H](OC(C)=O)C[C@H]67)[C@@]8(CC[C@@]%10(O)[C@H](C)OC(=O)c6ccccc6)O9)C5)O[C@@H]4C)O[C@@H]3C)C[C@H]2OC)O[C@H](C)[C@H]1O[C@@H]1O[C@H](CO)[C@@H](O[C@@H]2O[C@H](CO)[C@@H](O)[C@H](O)[C@H]2O)[C@H](O)[C@H]1O. The quantitative estimate of drug-likeness (QED) is 0.0568. The maximum atomic E-state index is 13.6. The molecule has 9 N–H and O–H groups in total. The Hall–Kier alpha value is -2.96. The van der Waals surface area contributed by atoms with Gasteiger partial charge in [-0.1, -0.05) is 25.1 Å². The smallest absolute Gasteiger partial charge is 0.338 e. The van der Waals surface area contributed by atoms with Crippen LogP contribution in [-0.4, -0.2) is 313 Å². The fourth-order valence-electron chi connectivity index (χ4n) is 20.4. The van der Waals surface area contributed by atoms with Crippen LogP contribution >= 0.6 is 0 Å². The van der Waals surface area contributed by atoms with Gasteiger partial charge in [0.1, 0.15) is 114 Å². The summed E-state index contributed by atoms with van der Waals surface area (Å²) in [4.78, 5) is 26.9. The first-order valence-corrected chi connectivity index (χ1v) is 37.0. The van der Waals surface area contributed by atoms with Crippen molar-refractivity contribution in [2.45, 2.75) is 333 Å². The van der Waals surface area contributed by atoms with Gasteiger partial charge in [-0.15, -0.1) is 0 Å². The number of benzene rings is 1. The van der Waals surface area contributed by atoms with Gasteiger partial charge in [-0.2, -0.15) is 0 Å². The first kappa shape index (κ1) is 79.1. The predicted molar refractivity (Wildman–Crippen MR) is 349 cm³/mol. The molecule has 0 amide bonds. The minimum atomic E-state index is -1.87. The van der Waals surface area contributed by atoms with E-state index >= 15 is 0 Å². The van der Waals surface area contributed by atoms with Gasteiger partial charge in [0, 0.05) is 67.5 Å². The topological polar surface area (TPSA) is 410 Å². The highest BCUT2D eigenvalue weighted by Gasteiger charge is 2.91. The summed E-state index contributed by atoms with van der Waals surface area (Å²) in [5.74, 6) is -2.53. The first-order valence-electron chi connectivity index (χ1n) is 37.0. The highest BCUT2D eigenvalue weighted by Crippen LogP contribution is 2.79. The van der Waals surface area contributed by atoms with Crippen LogP contribution in [0.3, 0.4) is 0 Å². The Balaban J connectivity index is 0.594. The Morgan fingerprint density at radius 3 is 1.66 bits per heavy atom. The highest BCUT2D eigenvalue weighted by molar-refractivity contribution is 5.89. The van der Waals surface area contributed by atoms with Gasteiger partial charge < -0.3 is 145 Å². The number of rotatable bonds is 22. The summed E-state index contributed by atoms with van der Waals surface area (Å²) in [5.41, 5.74) is -5.18. The van der Waals surface area contributed by atoms with Crippen molar-refractivity contribution in [3.05, 3.63) is 35.9 Å². The molecule has 1 aromatic carbocycles. The zero-order valence-corrected chi connectivity index (χ0v) is 61.2. The second-order valence-corrected chi connectivity index (χ2v) is 31.2. The molecule has 13 rings (SSSR count). The molecule has 2 bridgehead atoms. The molecule has 8 aliphatic heterocycles. The van der Waals surface area contributed by atoms with Crippen molar-refractivity contribution in [3.8, 4) is 0 Å². The normalized spacial score (nSPS) is 51.7. The van der Waals surface area contributed by atoms with E-state index in [1.165, 1.54) is 21.1 Å². The molecular weight excluding hydrogens is 1380 g/mol. The Kier molecular flexibility index (Phi) is 23.6. The largest absolute Gasteiger partial charge is 0.462 e. The van der Waals surface area contributed by atoms with Crippen LogP contribution in [-0.2, 0) is 104 Å². The van der Waals surface area contributed by atoms with Crippen LogP contribution in [0.15, 0.2) is 30.3 Å². The lowest BCUT2D eigenvalue weighted by molar-refractivity contribution is -0.405. The zero-order chi connectivity index (χ0) is 74.5. The van der Waals surface area contributed by atoms with Gasteiger partial charge >= 0.3 is 11.9 Å². The van der Waals surface area contributed by atoms with Crippen LogP contribution in [0.2, 0.25) is 0 Å². The average molecular weight is 1490 g/mol. The summed E-state index contributed by atoms with van der Waals surface area (Å²) in [6.45, 7) is 12.8. The summed E-state index contributed by atoms with van der Waals surface area (Å²) < 4.78 is 133. The summed E-state index contributed by atoms with van der Waals surface area (Å²) in [5, 5.41) is 98.8. The van der Waals surface area contributed by atoms with Crippen molar-refractivity contribution in [1.82, 2.24) is 0 Å². The van der Waals surface area contributed by atoms with Crippen LogP contribution in [0.1, 0.15) is 136 Å². The lowest BCUT2D eigenvalue weighted by Crippen LogP contribution is -2.81. The molecule has 8 saturated heterocycles. The molecule has 0 radical (unpaired) electrons. The fourth-order valence-corrected chi connectivity index (χ4v) is 20.4. The molecule has 32 heteroatoms. The Morgan fingerprint density at radius 2 is 1.09 bits per heavy atom. The molecule has 2 spiro atoms. The molecule has 0 aromatic heterocycles. The van der Waals surface area contributed by atoms with E-state index in [0.29, 0.717) is 37.7 Å². The van der Waals surface area contributed by atoms with Gasteiger partial charge in [0.05, 0.1) is 79.6 Å². The molecular formula is C72H110O32. The number of fused-ring (bicyclic) bond motifs is 3. The standard InChI is InChI=1S/C72H110O32/c1-32-57(41(84-9)25-48(89-32)95-40-19-20-67(7)39(24-40)18-21-71-46(67)28-47(94-37(6)75)69-31-88-68(8,103-71)104-72(69,71)23-22-70(69,83)36(5)93-63(82)38-16-14-13-15-17-38)98-49-26-42(85-10)58(33(2)90-49)99-50-27-43(86-11)59(34(3)91-50)100-66-56(81)62(87-12)60(35(4)92-66)101-65-55(80)53(78)61(45(30-74)97-65)102-64-54(79)52(77)51(76)44(29-73)96-64/h13-17,32-36,39-62,64-66,73-74,76-81,83H,18-31H2,1-12H3/t32-,33-,34-,35-,36+,39+,40+,41+,42+,43-,44-,45-,46-,47-,48+,49+,50+,51-,52+,53-,54-,55-,56-,57-,58-,59-,60-,61-,62-,64+,65+,66+,67+,68?,69-,70-,71+,72-/m1/s1. The number of aliphatic hydroxyl groups is 9. The number of aliphatic hydroxyl groups excluding tert-OH is 8. The zero-order valence-electron chi connectivity index (χ0n) is 61.2. The van der Waals surface area contributed by atoms with Crippen LogP contribution in [0.25, 0.3) is 0 Å². The van der Waals surface area contributed by atoms with Gasteiger partial charge in [0.2, 0.25) is 0 Å². The molecule has 12 aliphatic rings. The fraction of sp³-hybridized carbons (Fsp3) is 0.889. The summed E-state index contributed by atoms with van der Waals surface area (Å²) in [7, 11) is 6.08. The second-order valence-electron chi connectivity index (χ2n) is 31.2. The monoisotopic (exact) mass is 1490 g/mol. The number of methoxy groups -OCH3 is 4. The molecule has 4 saturated carbocycles. The first-order chi connectivity index (χ1) is 49.5. The van der Waals surface area contributed by atoms with E-state index in [0.717, 1.165) is 19.3 Å². The van der Waals surface area contributed by atoms with Gasteiger partial charge in [-0.05, 0) is 109 Å². The molecule has 104 heavy (non-hydrogen) atoms. The van der Waals surface area contributed by atoms with E-state index in [1.54, 1.807) is 66.2 Å². The summed E-state index contributed by atoms with van der Waals surface area (Å²) in [6, 6.07) is 8.65. The predicted octanol–water partition coefficient (Wildman–Crippen LogP) is 0.644. The maximum absolute atomic E-state index is 13.6. The van der Waals surface area contributed by atoms with Crippen molar-refractivity contribution in [1.29, 1.82) is 0 Å². The number of ether oxygens (including phenoxy) is 21. The molecule has 8 heterocycles. The molecule has 1 unspecified atom stereocenters. The molecule has 4 aliphatic carbocycles. The minimum Gasteiger partial charge on any atom is -0.462 e. The lowest BCUT2D eigenvalue weighted by Gasteiger charge is -2.69. The van der Waals surface area contributed by atoms with Crippen LogP contribution < -0.4 is 0 Å². The third-order valence-electron chi connectivity index (χ3n) is 25.6. The van der Waals surface area contributed by atoms with E-state index in [9.17, 15) is 55.5 Å². The Labute approximate surface area is 604 Å². The molecule has 590 valence electrons. The summed E-state index contributed by atoms with van der Waals surface area (Å²) in [6.07, 6.45) is -27.3. The van der Waals surface area contributed by atoms with E-state index in [1.807, 2.05) is 19.9 Å². The number of carbonyl (C=O) groups excluding carboxylic acids is 2. The molecule has 32 nitrogen and oxygen atoms in total. The highest BCUT2D eigenvalue weighted by atomic mass is 16.9. The van der Waals surface area contributed by atoms with E-state index in [4.69, 9.17) is 99.5 Å². The van der Waals surface area contributed by atoms with Crippen molar-refractivity contribution in [2.75, 3.05) is 48.3 Å². The summed E-state index contributed by atoms with van der Waals surface area (Å²) >= 11 is 0. The third-order valence-corrected chi connectivity index (χ3v) is 25.6.